The summed E-state index contributed by atoms with van der Waals surface area (Å²) in [5.41, 5.74) is 3.87. The van der Waals surface area contributed by atoms with Crippen LogP contribution in [-0.4, -0.2) is 26.6 Å². The number of aromatic nitrogens is 3. The fourth-order valence-electron chi connectivity index (χ4n) is 3.88. The smallest absolute Gasteiger partial charge is 0.267 e. The van der Waals surface area contributed by atoms with Crippen molar-refractivity contribution in [2.45, 2.75) is 20.8 Å². The molecule has 0 spiro atoms. The van der Waals surface area contributed by atoms with Crippen LogP contribution in [-0.2, 0) is 0 Å². The van der Waals surface area contributed by atoms with Gasteiger partial charge in [0.05, 0.1) is 27.9 Å². The van der Waals surface area contributed by atoms with Crippen LogP contribution < -0.4 is 4.90 Å². The number of nitrogens with zero attached hydrogens (tertiary/aromatic N) is 4. The SMILES string of the molecule is Cc1ccc(N2C(=O)c3cnc4c(c(C)nn4-c4ccc(Cl)cc4F)c3C2=O)cc1C. The van der Waals surface area contributed by atoms with Gasteiger partial charge >= 0.3 is 0 Å². The zero-order valence-corrected chi connectivity index (χ0v) is 17.7. The Morgan fingerprint density at radius 3 is 2.45 bits per heavy atom. The lowest BCUT2D eigenvalue weighted by Gasteiger charge is -2.15. The zero-order chi connectivity index (χ0) is 22.0. The van der Waals surface area contributed by atoms with Gasteiger partial charge in [0, 0.05) is 11.2 Å². The monoisotopic (exact) mass is 434 g/mol. The quantitative estimate of drug-likeness (QED) is 0.419. The van der Waals surface area contributed by atoms with Gasteiger partial charge in [-0.25, -0.2) is 19.0 Å². The van der Waals surface area contributed by atoms with Crippen molar-refractivity contribution in [1.29, 1.82) is 0 Å². The average Bonchev–Trinajstić information content (AvgIpc) is 3.18. The van der Waals surface area contributed by atoms with E-state index in [9.17, 15) is 14.0 Å². The van der Waals surface area contributed by atoms with Crippen molar-refractivity contribution in [2.24, 2.45) is 0 Å². The Balaban J connectivity index is 1.71. The standard InChI is InChI=1S/C23H16ClFN4O2/c1-11-4-6-15(8-12(11)2)28-22(30)16-10-26-21-19(20(16)23(28)31)13(3)27-29(21)18-7-5-14(24)9-17(18)25/h4-10H,1-3H3. The molecule has 0 saturated carbocycles. The molecule has 0 aliphatic carbocycles. The van der Waals surface area contributed by atoms with Crippen LogP contribution in [0.3, 0.4) is 0 Å². The predicted molar refractivity (Wildman–Crippen MR) is 116 cm³/mol. The number of amides is 2. The van der Waals surface area contributed by atoms with Gasteiger partial charge in [0.2, 0.25) is 0 Å². The third kappa shape index (κ3) is 2.77. The van der Waals surface area contributed by atoms with Gasteiger partial charge in [-0.05, 0) is 62.2 Å². The summed E-state index contributed by atoms with van der Waals surface area (Å²) in [5, 5.41) is 5.08. The first-order chi connectivity index (χ1) is 14.8. The van der Waals surface area contributed by atoms with Gasteiger partial charge in [0.15, 0.2) is 5.65 Å². The molecular formula is C23H16ClFN4O2. The normalized spacial score (nSPS) is 13.4. The molecule has 0 unspecified atom stereocenters. The van der Waals surface area contributed by atoms with E-state index in [0.717, 1.165) is 16.0 Å². The van der Waals surface area contributed by atoms with Crippen LogP contribution >= 0.6 is 11.6 Å². The number of carbonyl (C=O) groups excluding carboxylic acids is 2. The number of pyridine rings is 1. The minimum Gasteiger partial charge on any atom is -0.268 e. The number of carbonyl (C=O) groups is 2. The molecule has 6 nitrogen and oxygen atoms in total. The number of anilines is 1. The first kappa shape index (κ1) is 19.4. The molecule has 8 heteroatoms. The predicted octanol–water partition coefficient (Wildman–Crippen LogP) is 4.94. The van der Waals surface area contributed by atoms with Gasteiger partial charge in [0.1, 0.15) is 11.5 Å². The van der Waals surface area contributed by atoms with Crippen molar-refractivity contribution in [3.05, 3.63) is 81.4 Å². The number of hydrogen-bond donors (Lipinski definition) is 0. The van der Waals surface area contributed by atoms with E-state index in [2.05, 4.69) is 10.1 Å². The Bertz CT molecular complexity index is 1440. The molecule has 0 fully saturated rings. The van der Waals surface area contributed by atoms with Gasteiger partial charge < -0.3 is 0 Å². The van der Waals surface area contributed by atoms with Crippen LogP contribution in [0.1, 0.15) is 37.5 Å². The minimum absolute atomic E-state index is 0.151. The van der Waals surface area contributed by atoms with Crippen LogP contribution in [0, 0.1) is 26.6 Å². The number of rotatable bonds is 2. The van der Waals surface area contributed by atoms with E-state index in [4.69, 9.17) is 11.6 Å². The summed E-state index contributed by atoms with van der Waals surface area (Å²) in [4.78, 5) is 32.0. The summed E-state index contributed by atoms with van der Waals surface area (Å²) in [6, 6.07) is 9.64. The maximum absolute atomic E-state index is 14.5. The number of aryl methyl sites for hydroxylation is 3. The molecule has 5 rings (SSSR count). The van der Waals surface area contributed by atoms with Gasteiger partial charge in [-0.2, -0.15) is 5.10 Å². The largest absolute Gasteiger partial charge is 0.268 e. The molecule has 31 heavy (non-hydrogen) atoms. The maximum atomic E-state index is 14.5. The summed E-state index contributed by atoms with van der Waals surface area (Å²) in [7, 11) is 0. The second kappa shape index (κ2) is 6.72. The molecular weight excluding hydrogens is 419 g/mol. The van der Waals surface area contributed by atoms with Crippen molar-refractivity contribution in [2.75, 3.05) is 4.90 Å². The Kier molecular flexibility index (Phi) is 4.20. The topological polar surface area (TPSA) is 68.1 Å². The van der Waals surface area contributed by atoms with Crippen molar-refractivity contribution < 1.29 is 14.0 Å². The highest BCUT2D eigenvalue weighted by Crippen LogP contribution is 2.35. The number of hydrogen-bond acceptors (Lipinski definition) is 4. The molecule has 0 radical (unpaired) electrons. The van der Waals surface area contributed by atoms with Crippen molar-refractivity contribution in [3.8, 4) is 5.69 Å². The third-order valence-electron chi connectivity index (χ3n) is 5.61. The van der Waals surface area contributed by atoms with Gasteiger partial charge in [0.25, 0.3) is 11.8 Å². The van der Waals surface area contributed by atoms with E-state index in [0.29, 0.717) is 22.4 Å². The molecule has 154 valence electrons. The maximum Gasteiger partial charge on any atom is 0.267 e. The molecule has 1 aliphatic heterocycles. The molecule has 2 amide bonds. The highest BCUT2D eigenvalue weighted by Gasteiger charge is 2.40. The lowest BCUT2D eigenvalue weighted by Crippen LogP contribution is -2.29. The lowest BCUT2D eigenvalue weighted by molar-refractivity contribution is 0.0926. The average molecular weight is 435 g/mol. The van der Waals surface area contributed by atoms with Crippen LogP contribution in [0.15, 0.2) is 42.6 Å². The van der Waals surface area contributed by atoms with Crippen LogP contribution in [0.5, 0.6) is 0 Å². The first-order valence-corrected chi connectivity index (χ1v) is 9.95. The van der Waals surface area contributed by atoms with Gasteiger partial charge in [-0.1, -0.05) is 17.7 Å². The number of benzene rings is 2. The Morgan fingerprint density at radius 1 is 0.968 bits per heavy atom. The van der Waals surface area contributed by atoms with E-state index < -0.39 is 17.6 Å². The lowest BCUT2D eigenvalue weighted by atomic mass is 10.1. The minimum atomic E-state index is -0.571. The van der Waals surface area contributed by atoms with Gasteiger partial charge in [-0.15, -0.1) is 0 Å². The molecule has 0 atom stereocenters. The fourth-order valence-corrected chi connectivity index (χ4v) is 4.04. The van der Waals surface area contributed by atoms with Crippen molar-refractivity contribution in [3.63, 3.8) is 0 Å². The van der Waals surface area contributed by atoms with E-state index >= 15 is 0 Å². The van der Waals surface area contributed by atoms with E-state index in [1.54, 1.807) is 25.1 Å². The number of imide groups is 1. The fraction of sp³-hybridized carbons (Fsp3) is 0.130. The molecule has 0 saturated heterocycles. The molecule has 0 bridgehead atoms. The third-order valence-corrected chi connectivity index (χ3v) is 5.84. The molecule has 3 heterocycles. The van der Waals surface area contributed by atoms with Crippen LogP contribution in [0.25, 0.3) is 16.7 Å². The summed E-state index contributed by atoms with van der Waals surface area (Å²) in [6.45, 7) is 5.58. The Labute approximate surface area is 181 Å². The van der Waals surface area contributed by atoms with E-state index in [-0.39, 0.29) is 21.8 Å². The number of fused-ring (bicyclic) bond motifs is 3. The van der Waals surface area contributed by atoms with E-state index in [1.165, 1.54) is 23.0 Å². The molecule has 2 aromatic heterocycles. The van der Waals surface area contributed by atoms with E-state index in [1.807, 2.05) is 19.9 Å². The van der Waals surface area contributed by atoms with Gasteiger partial charge in [-0.3, -0.25) is 9.59 Å². The van der Waals surface area contributed by atoms with Crippen LogP contribution in [0.4, 0.5) is 10.1 Å². The second-order valence-electron chi connectivity index (χ2n) is 7.55. The number of halogens is 2. The Morgan fingerprint density at radius 2 is 1.74 bits per heavy atom. The summed E-state index contributed by atoms with van der Waals surface area (Å²) < 4.78 is 15.9. The highest BCUT2D eigenvalue weighted by atomic mass is 35.5. The van der Waals surface area contributed by atoms with Crippen molar-refractivity contribution in [1.82, 2.24) is 14.8 Å². The van der Waals surface area contributed by atoms with Crippen molar-refractivity contribution >= 4 is 40.1 Å². The zero-order valence-electron chi connectivity index (χ0n) is 16.9. The summed E-state index contributed by atoms with van der Waals surface area (Å²) in [5.74, 6) is -1.46. The molecule has 1 aliphatic rings. The highest BCUT2D eigenvalue weighted by molar-refractivity contribution is 6.37. The second-order valence-corrected chi connectivity index (χ2v) is 7.99. The molecule has 0 N–H and O–H groups in total. The molecule has 2 aromatic carbocycles. The summed E-state index contributed by atoms with van der Waals surface area (Å²) in [6.07, 6.45) is 1.35. The van der Waals surface area contributed by atoms with Crippen LogP contribution in [0.2, 0.25) is 5.02 Å². The summed E-state index contributed by atoms with van der Waals surface area (Å²) >= 11 is 5.86. The molecule has 4 aromatic rings. The Hall–Kier alpha value is -3.58. The first-order valence-electron chi connectivity index (χ1n) is 9.57.